The van der Waals surface area contributed by atoms with E-state index in [0.717, 1.165) is 12.1 Å². The van der Waals surface area contributed by atoms with Gasteiger partial charge in [0.05, 0.1) is 5.56 Å². The zero-order valence-electron chi connectivity index (χ0n) is 5.61. The highest BCUT2D eigenvalue weighted by molar-refractivity contribution is 6.30. The molecular weight excluding hydrogens is 148 g/mol. The molecule has 2 nitrogen and oxygen atoms in total. The van der Waals surface area contributed by atoms with E-state index in [1.54, 1.807) is 6.07 Å². The molecule has 0 fully saturated rings. The second-order valence-electron chi connectivity index (χ2n) is 1.99. The monoisotopic (exact) mass is 154 g/mol. The molecule has 0 bridgehead atoms. The Hall–Kier alpha value is -0.940. The number of hydrogen-bond donors (Lipinski definition) is 1. The summed E-state index contributed by atoms with van der Waals surface area (Å²) in [5.41, 5.74) is 1.53. The number of aryl methyl sites for hydroxylation is 1. The summed E-state index contributed by atoms with van der Waals surface area (Å²) in [4.78, 5) is 2.89. The van der Waals surface area contributed by atoms with Gasteiger partial charge < -0.3 is 4.98 Å². The quantitative estimate of drug-likeness (QED) is 0.661. The van der Waals surface area contributed by atoms with E-state index in [9.17, 15) is 0 Å². The van der Waals surface area contributed by atoms with Crippen LogP contribution in [-0.4, -0.2) is 4.98 Å². The van der Waals surface area contributed by atoms with Crippen LogP contribution in [0.2, 0.25) is 5.15 Å². The van der Waals surface area contributed by atoms with Gasteiger partial charge in [-0.1, -0.05) is 18.5 Å². The van der Waals surface area contributed by atoms with E-state index < -0.39 is 0 Å². The van der Waals surface area contributed by atoms with Crippen LogP contribution in [0.25, 0.3) is 0 Å². The zero-order valence-corrected chi connectivity index (χ0v) is 6.37. The first-order chi connectivity index (χ1) is 4.77. The fourth-order valence-corrected chi connectivity index (χ4v) is 0.972. The molecule has 0 aliphatic rings. The molecule has 0 spiro atoms. The van der Waals surface area contributed by atoms with Crippen LogP contribution in [-0.2, 0) is 6.42 Å². The van der Waals surface area contributed by atoms with Crippen LogP contribution in [0.3, 0.4) is 0 Å². The summed E-state index contributed by atoms with van der Waals surface area (Å²) in [7, 11) is 0. The van der Waals surface area contributed by atoms with Crippen molar-refractivity contribution in [1.82, 2.24) is 4.98 Å². The predicted octanol–water partition coefficient (Wildman–Crippen LogP) is 2.10. The summed E-state index contributed by atoms with van der Waals surface area (Å²) < 4.78 is 0. The van der Waals surface area contributed by atoms with Crippen LogP contribution in [0.15, 0.2) is 6.07 Å². The first-order valence-corrected chi connectivity index (χ1v) is 3.43. The average molecular weight is 155 g/mol. The van der Waals surface area contributed by atoms with Gasteiger partial charge >= 0.3 is 0 Å². The van der Waals surface area contributed by atoms with E-state index >= 15 is 0 Å². The van der Waals surface area contributed by atoms with Crippen LogP contribution < -0.4 is 0 Å². The maximum Gasteiger partial charge on any atom is 0.124 e. The fourth-order valence-electron chi connectivity index (χ4n) is 0.754. The highest BCUT2D eigenvalue weighted by atomic mass is 35.5. The first kappa shape index (κ1) is 7.17. The Morgan fingerprint density at radius 1 is 1.80 bits per heavy atom. The van der Waals surface area contributed by atoms with Crippen molar-refractivity contribution in [2.45, 2.75) is 13.3 Å². The molecule has 1 N–H and O–H groups in total. The molecule has 0 unspecified atom stereocenters. The van der Waals surface area contributed by atoms with Gasteiger partial charge in [0.1, 0.15) is 11.2 Å². The normalized spacial score (nSPS) is 9.30. The molecule has 0 aliphatic carbocycles. The highest BCUT2D eigenvalue weighted by Gasteiger charge is 2.02. The number of nitrogens with one attached hydrogen (secondary N) is 1. The number of aromatic nitrogens is 1. The Kier molecular flexibility index (Phi) is 1.98. The number of nitrogens with zero attached hydrogens (tertiary/aromatic N) is 1. The maximum atomic E-state index is 8.47. The average Bonchev–Trinajstić information content (AvgIpc) is 2.30. The molecule has 0 radical (unpaired) electrons. The Morgan fingerprint density at radius 2 is 2.50 bits per heavy atom. The molecule has 1 rings (SSSR count). The molecule has 0 saturated carbocycles. The molecule has 0 saturated heterocycles. The molecule has 0 aromatic carbocycles. The molecule has 0 amide bonds. The van der Waals surface area contributed by atoms with Gasteiger partial charge in [-0.05, 0) is 12.5 Å². The SMILES string of the molecule is CCc1cc(C#N)c(Cl)[nH]1. The van der Waals surface area contributed by atoms with Gasteiger partial charge in [-0.3, -0.25) is 0 Å². The van der Waals surface area contributed by atoms with E-state index in [1.807, 2.05) is 13.0 Å². The van der Waals surface area contributed by atoms with Crippen molar-refractivity contribution in [2.24, 2.45) is 0 Å². The van der Waals surface area contributed by atoms with Gasteiger partial charge in [0, 0.05) is 5.69 Å². The van der Waals surface area contributed by atoms with Crippen molar-refractivity contribution < 1.29 is 0 Å². The minimum absolute atomic E-state index is 0.444. The van der Waals surface area contributed by atoms with Crippen LogP contribution in [0, 0.1) is 11.3 Å². The summed E-state index contributed by atoms with van der Waals surface area (Å²) in [6, 6.07) is 3.75. The minimum Gasteiger partial charge on any atom is -0.348 e. The lowest BCUT2D eigenvalue weighted by molar-refractivity contribution is 1.06. The molecular formula is C7H7ClN2. The molecule has 1 aromatic heterocycles. The van der Waals surface area contributed by atoms with E-state index in [2.05, 4.69) is 4.98 Å². The lowest BCUT2D eigenvalue weighted by Gasteiger charge is -1.83. The lowest BCUT2D eigenvalue weighted by Crippen LogP contribution is -1.74. The minimum atomic E-state index is 0.444. The van der Waals surface area contributed by atoms with Crippen molar-refractivity contribution in [2.75, 3.05) is 0 Å². The number of hydrogen-bond acceptors (Lipinski definition) is 1. The van der Waals surface area contributed by atoms with Crippen LogP contribution in [0.1, 0.15) is 18.2 Å². The van der Waals surface area contributed by atoms with Crippen molar-refractivity contribution in [3.05, 3.63) is 22.5 Å². The molecule has 1 heterocycles. The van der Waals surface area contributed by atoms with Gasteiger partial charge in [-0.25, -0.2) is 0 Å². The van der Waals surface area contributed by atoms with Crippen LogP contribution >= 0.6 is 11.6 Å². The maximum absolute atomic E-state index is 8.47. The molecule has 0 aliphatic heterocycles. The van der Waals surface area contributed by atoms with Crippen LogP contribution in [0.4, 0.5) is 0 Å². The Bertz CT molecular complexity index is 270. The van der Waals surface area contributed by atoms with Crippen LogP contribution in [0.5, 0.6) is 0 Å². The highest BCUT2D eigenvalue weighted by Crippen LogP contribution is 2.15. The van der Waals surface area contributed by atoms with Crippen molar-refractivity contribution in [3.8, 4) is 6.07 Å². The third-order valence-corrected chi connectivity index (χ3v) is 1.62. The molecule has 52 valence electrons. The van der Waals surface area contributed by atoms with Crippen molar-refractivity contribution in [1.29, 1.82) is 5.26 Å². The smallest absolute Gasteiger partial charge is 0.124 e. The predicted molar refractivity (Wildman–Crippen MR) is 39.9 cm³/mol. The van der Waals surface area contributed by atoms with E-state index in [4.69, 9.17) is 16.9 Å². The van der Waals surface area contributed by atoms with Gasteiger partial charge in [0.2, 0.25) is 0 Å². The number of nitriles is 1. The third-order valence-electron chi connectivity index (χ3n) is 1.33. The van der Waals surface area contributed by atoms with Crippen molar-refractivity contribution >= 4 is 11.6 Å². The molecule has 1 aromatic rings. The summed E-state index contributed by atoms with van der Waals surface area (Å²) >= 11 is 5.65. The zero-order chi connectivity index (χ0) is 7.56. The summed E-state index contributed by atoms with van der Waals surface area (Å²) in [6.07, 6.45) is 0.876. The Labute approximate surface area is 64.4 Å². The topological polar surface area (TPSA) is 39.6 Å². The van der Waals surface area contributed by atoms with E-state index in [1.165, 1.54) is 0 Å². The van der Waals surface area contributed by atoms with Gasteiger partial charge in [-0.15, -0.1) is 0 Å². The standard InChI is InChI=1S/C7H7ClN2/c1-2-6-3-5(4-9)7(8)10-6/h3,10H,2H2,1H3. The summed E-state index contributed by atoms with van der Waals surface area (Å²) in [6.45, 7) is 2.00. The Morgan fingerprint density at radius 3 is 2.80 bits per heavy atom. The van der Waals surface area contributed by atoms with Gasteiger partial charge in [0.25, 0.3) is 0 Å². The Balaban J connectivity index is 3.07. The molecule has 3 heteroatoms. The summed E-state index contributed by atoms with van der Waals surface area (Å²) in [5, 5.41) is 8.92. The number of rotatable bonds is 1. The largest absolute Gasteiger partial charge is 0.348 e. The second kappa shape index (κ2) is 2.76. The van der Waals surface area contributed by atoms with Crippen molar-refractivity contribution in [3.63, 3.8) is 0 Å². The lowest BCUT2D eigenvalue weighted by atomic mass is 10.3. The van der Waals surface area contributed by atoms with Gasteiger partial charge in [-0.2, -0.15) is 5.26 Å². The second-order valence-corrected chi connectivity index (χ2v) is 2.37. The molecule has 10 heavy (non-hydrogen) atoms. The van der Waals surface area contributed by atoms with Gasteiger partial charge in [0.15, 0.2) is 0 Å². The van der Waals surface area contributed by atoms with E-state index in [-0.39, 0.29) is 0 Å². The summed E-state index contributed by atoms with van der Waals surface area (Å²) in [5.74, 6) is 0. The molecule has 0 atom stereocenters. The number of H-pyrrole nitrogens is 1. The number of aromatic amines is 1. The van der Waals surface area contributed by atoms with E-state index in [0.29, 0.717) is 10.7 Å². The third kappa shape index (κ3) is 1.14. The number of halogens is 1. The first-order valence-electron chi connectivity index (χ1n) is 3.05. The fraction of sp³-hybridized carbons (Fsp3) is 0.286.